The van der Waals surface area contributed by atoms with Gasteiger partial charge in [-0.15, -0.1) is 0 Å². The molecule has 0 unspecified atom stereocenters. The summed E-state index contributed by atoms with van der Waals surface area (Å²) in [5.41, 5.74) is 3.75. The van der Waals surface area contributed by atoms with Gasteiger partial charge in [0, 0.05) is 58.9 Å². The summed E-state index contributed by atoms with van der Waals surface area (Å²) in [6.07, 6.45) is 0. The Morgan fingerprint density at radius 2 is 1.57 bits per heavy atom. The maximum Gasteiger partial charge on any atom is 0.236 e. The predicted molar refractivity (Wildman–Crippen MR) is 123 cm³/mol. The molecule has 30 heavy (non-hydrogen) atoms. The van der Waals surface area contributed by atoms with Crippen molar-refractivity contribution in [3.63, 3.8) is 0 Å². The molecule has 2 saturated heterocycles. The molecule has 0 aliphatic carbocycles. The number of para-hydroxylation sites is 1. The SMILES string of the molecule is Cc1cccc(CN2CCN(CC(=O)N3CCN(c4ccccc4Cl)CC3)CC2)c1. The molecule has 5 nitrogen and oxygen atoms in total. The van der Waals surface area contributed by atoms with Crippen LogP contribution in [0.2, 0.25) is 5.02 Å². The second-order valence-electron chi connectivity index (χ2n) is 8.36. The minimum absolute atomic E-state index is 0.251. The lowest BCUT2D eigenvalue weighted by Crippen LogP contribution is -2.53. The molecule has 2 aromatic rings. The van der Waals surface area contributed by atoms with E-state index in [1.54, 1.807) is 0 Å². The number of benzene rings is 2. The summed E-state index contributed by atoms with van der Waals surface area (Å²) in [5.74, 6) is 0.251. The summed E-state index contributed by atoms with van der Waals surface area (Å²) in [4.78, 5) is 21.9. The van der Waals surface area contributed by atoms with Crippen LogP contribution in [0.5, 0.6) is 0 Å². The lowest BCUT2D eigenvalue weighted by molar-refractivity contribution is -0.133. The van der Waals surface area contributed by atoms with E-state index in [-0.39, 0.29) is 5.91 Å². The second kappa shape index (κ2) is 9.82. The van der Waals surface area contributed by atoms with E-state index in [0.717, 1.165) is 69.6 Å². The lowest BCUT2D eigenvalue weighted by Gasteiger charge is -2.39. The van der Waals surface area contributed by atoms with Gasteiger partial charge in [0.1, 0.15) is 0 Å². The highest BCUT2D eigenvalue weighted by Gasteiger charge is 2.25. The van der Waals surface area contributed by atoms with Crippen LogP contribution in [0.15, 0.2) is 48.5 Å². The van der Waals surface area contributed by atoms with Crippen LogP contribution in [0, 0.1) is 6.92 Å². The van der Waals surface area contributed by atoms with Crippen molar-refractivity contribution in [3.05, 3.63) is 64.7 Å². The van der Waals surface area contributed by atoms with Crippen LogP contribution in [0.4, 0.5) is 5.69 Å². The first-order valence-corrected chi connectivity index (χ1v) is 11.2. The predicted octanol–water partition coefficient (Wildman–Crippen LogP) is 3.11. The average Bonchev–Trinajstić information content (AvgIpc) is 2.76. The Morgan fingerprint density at radius 1 is 0.867 bits per heavy atom. The minimum atomic E-state index is 0.251. The Balaban J connectivity index is 1.20. The maximum absolute atomic E-state index is 12.8. The molecular formula is C24H31ClN4O. The van der Waals surface area contributed by atoms with Gasteiger partial charge in [-0.1, -0.05) is 53.6 Å². The molecule has 0 aromatic heterocycles. The van der Waals surface area contributed by atoms with E-state index in [4.69, 9.17) is 11.6 Å². The fourth-order valence-electron chi connectivity index (χ4n) is 4.37. The molecule has 0 radical (unpaired) electrons. The number of piperazine rings is 2. The van der Waals surface area contributed by atoms with Crippen molar-refractivity contribution in [3.8, 4) is 0 Å². The fraction of sp³-hybridized carbons (Fsp3) is 0.458. The van der Waals surface area contributed by atoms with Crippen molar-refractivity contribution < 1.29 is 4.79 Å². The number of halogens is 1. The third kappa shape index (κ3) is 5.34. The van der Waals surface area contributed by atoms with Gasteiger partial charge < -0.3 is 9.80 Å². The molecule has 0 bridgehead atoms. The number of carbonyl (C=O) groups is 1. The van der Waals surface area contributed by atoms with Crippen LogP contribution in [0.1, 0.15) is 11.1 Å². The largest absolute Gasteiger partial charge is 0.367 e. The van der Waals surface area contributed by atoms with E-state index >= 15 is 0 Å². The first-order valence-electron chi connectivity index (χ1n) is 10.9. The fourth-order valence-corrected chi connectivity index (χ4v) is 4.63. The van der Waals surface area contributed by atoms with Gasteiger partial charge in [-0.05, 0) is 24.6 Å². The maximum atomic E-state index is 12.8. The molecule has 0 atom stereocenters. The minimum Gasteiger partial charge on any atom is -0.367 e. The van der Waals surface area contributed by atoms with Crippen molar-refractivity contribution in [1.82, 2.24) is 14.7 Å². The lowest BCUT2D eigenvalue weighted by atomic mass is 10.1. The molecule has 0 N–H and O–H groups in total. The smallest absolute Gasteiger partial charge is 0.236 e. The van der Waals surface area contributed by atoms with Crippen molar-refractivity contribution in [2.24, 2.45) is 0 Å². The molecule has 0 spiro atoms. The van der Waals surface area contributed by atoms with Gasteiger partial charge in [-0.2, -0.15) is 0 Å². The van der Waals surface area contributed by atoms with Crippen LogP contribution in [-0.2, 0) is 11.3 Å². The highest BCUT2D eigenvalue weighted by molar-refractivity contribution is 6.33. The van der Waals surface area contributed by atoms with Gasteiger partial charge in [-0.25, -0.2) is 0 Å². The van der Waals surface area contributed by atoms with Gasteiger partial charge >= 0.3 is 0 Å². The van der Waals surface area contributed by atoms with Gasteiger partial charge in [0.2, 0.25) is 5.91 Å². The Kier molecular flexibility index (Phi) is 6.93. The zero-order valence-electron chi connectivity index (χ0n) is 17.8. The molecule has 160 valence electrons. The molecule has 4 rings (SSSR count). The van der Waals surface area contributed by atoms with E-state index in [2.05, 4.69) is 52.0 Å². The topological polar surface area (TPSA) is 30.0 Å². The van der Waals surface area contributed by atoms with Crippen LogP contribution >= 0.6 is 11.6 Å². The van der Waals surface area contributed by atoms with Crippen LogP contribution in [0.25, 0.3) is 0 Å². The number of hydrogen-bond donors (Lipinski definition) is 0. The molecule has 2 fully saturated rings. The van der Waals surface area contributed by atoms with Crippen molar-refractivity contribution >= 4 is 23.2 Å². The Labute approximate surface area is 184 Å². The van der Waals surface area contributed by atoms with Gasteiger partial charge in [0.05, 0.1) is 17.3 Å². The first-order chi connectivity index (χ1) is 14.6. The number of carbonyl (C=O) groups excluding carboxylic acids is 1. The number of rotatable bonds is 5. The quantitative estimate of drug-likeness (QED) is 0.734. The number of amides is 1. The van der Waals surface area contributed by atoms with E-state index in [9.17, 15) is 4.79 Å². The number of hydrogen-bond acceptors (Lipinski definition) is 4. The summed E-state index contributed by atoms with van der Waals surface area (Å²) in [5, 5.41) is 0.779. The molecular weight excluding hydrogens is 396 g/mol. The number of aryl methyl sites for hydroxylation is 1. The molecule has 2 aliphatic heterocycles. The van der Waals surface area contributed by atoms with Gasteiger partial charge in [0.15, 0.2) is 0 Å². The van der Waals surface area contributed by atoms with Crippen LogP contribution < -0.4 is 4.90 Å². The van der Waals surface area contributed by atoms with Crippen molar-refractivity contribution in [2.45, 2.75) is 13.5 Å². The highest BCUT2D eigenvalue weighted by atomic mass is 35.5. The van der Waals surface area contributed by atoms with E-state index in [1.807, 2.05) is 23.1 Å². The third-order valence-corrected chi connectivity index (χ3v) is 6.46. The average molecular weight is 427 g/mol. The summed E-state index contributed by atoms with van der Waals surface area (Å²) in [6.45, 7) is 10.8. The molecule has 0 saturated carbocycles. The first kappa shape index (κ1) is 21.2. The Hall–Kier alpha value is -2.08. The molecule has 2 aliphatic rings. The van der Waals surface area contributed by atoms with E-state index in [1.165, 1.54) is 11.1 Å². The molecule has 2 heterocycles. The van der Waals surface area contributed by atoms with Crippen LogP contribution in [0.3, 0.4) is 0 Å². The third-order valence-electron chi connectivity index (χ3n) is 6.14. The summed E-state index contributed by atoms with van der Waals surface area (Å²) in [7, 11) is 0. The van der Waals surface area contributed by atoms with Gasteiger partial charge in [-0.3, -0.25) is 14.6 Å². The summed E-state index contributed by atoms with van der Waals surface area (Å²) >= 11 is 6.32. The monoisotopic (exact) mass is 426 g/mol. The Bertz CT molecular complexity index is 858. The zero-order chi connectivity index (χ0) is 20.9. The van der Waals surface area contributed by atoms with Crippen molar-refractivity contribution in [1.29, 1.82) is 0 Å². The van der Waals surface area contributed by atoms with Gasteiger partial charge in [0.25, 0.3) is 0 Å². The molecule has 2 aromatic carbocycles. The zero-order valence-corrected chi connectivity index (χ0v) is 18.5. The second-order valence-corrected chi connectivity index (χ2v) is 8.77. The number of anilines is 1. The molecule has 1 amide bonds. The Morgan fingerprint density at radius 3 is 2.27 bits per heavy atom. The standard InChI is InChI=1S/C24H31ClN4O/c1-20-5-4-6-21(17-20)18-26-9-11-27(12-10-26)19-24(30)29-15-13-28(14-16-29)23-8-3-2-7-22(23)25/h2-8,17H,9-16,18-19H2,1H3. The van der Waals surface area contributed by atoms with Crippen molar-refractivity contribution in [2.75, 3.05) is 63.8 Å². The number of nitrogens with zero attached hydrogens (tertiary/aromatic N) is 4. The molecule has 6 heteroatoms. The highest BCUT2D eigenvalue weighted by Crippen LogP contribution is 2.26. The summed E-state index contributed by atoms with van der Waals surface area (Å²) in [6, 6.07) is 16.7. The normalized spacial score (nSPS) is 18.6. The van der Waals surface area contributed by atoms with Crippen LogP contribution in [-0.4, -0.2) is 79.5 Å². The van der Waals surface area contributed by atoms with E-state index in [0.29, 0.717) is 6.54 Å². The summed E-state index contributed by atoms with van der Waals surface area (Å²) < 4.78 is 0. The van der Waals surface area contributed by atoms with E-state index < -0.39 is 0 Å².